The van der Waals surface area contributed by atoms with Crippen molar-refractivity contribution in [2.24, 2.45) is 0 Å². The van der Waals surface area contributed by atoms with Gasteiger partial charge < -0.3 is 9.51 Å². The summed E-state index contributed by atoms with van der Waals surface area (Å²) in [5.41, 5.74) is 4.22. The SMILES string of the molecule is Cc1[nH]c2ccccc2c1[N+]1(c2noc3ccccc23)CCC(=O)CC1.Cl. The summed E-state index contributed by atoms with van der Waals surface area (Å²) in [7, 11) is 0. The van der Waals surface area contributed by atoms with Gasteiger partial charge in [-0.3, -0.25) is 4.79 Å². The Morgan fingerprint density at radius 3 is 2.44 bits per heavy atom. The van der Waals surface area contributed by atoms with Crippen molar-refractivity contribution >= 4 is 51.6 Å². The minimum atomic E-state index is 0. The Labute approximate surface area is 162 Å². The lowest BCUT2D eigenvalue weighted by atomic mass is 10.0. The van der Waals surface area contributed by atoms with Gasteiger partial charge in [-0.25, -0.2) is 4.48 Å². The van der Waals surface area contributed by atoms with E-state index in [1.807, 2.05) is 24.3 Å². The van der Waals surface area contributed by atoms with Gasteiger partial charge >= 0.3 is 0 Å². The molecule has 2 aromatic carbocycles. The molecule has 1 aliphatic rings. The van der Waals surface area contributed by atoms with Crippen LogP contribution in [0, 0.1) is 6.92 Å². The number of aromatic nitrogens is 2. The third kappa shape index (κ3) is 2.58. The number of fused-ring (bicyclic) bond motifs is 2. The Kier molecular flexibility index (Phi) is 4.29. The standard InChI is InChI=1S/C21H20N3O2.ClH/c1-14-20(16-6-2-4-8-18(16)22-14)24(12-10-15(25)11-13-24)21-17-7-3-5-9-19(17)26-23-21;/h2-9,22H,10-13H2,1H3;1H/q+1;. The normalized spacial score (nSPS) is 16.6. The summed E-state index contributed by atoms with van der Waals surface area (Å²) in [5, 5.41) is 6.70. The summed E-state index contributed by atoms with van der Waals surface area (Å²) in [5.74, 6) is 1.23. The average Bonchev–Trinajstić information content (AvgIpc) is 3.24. The van der Waals surface area contributed by atoms with Gasteiger partial charge in [0.2, 0.25) is 0 Å². The molecule has 0 aliphatic carbocycles. The zero-order valence-corrected chi connectivity index (χ0v) is 15.9. The van der Waals surface area contributed by atoms with Crippen molar-refractivity contribution in [3.8, 4) is 0 Å². The van der Waals surface area contributed by atoms with Gasteiger partial charge in [0.25, 0.3) is 5.82 Å². The molecule has 1 aliphatic heterocycles. The molecule has 4 aromatic rings. The second kappa shape index (κ2) is 6.51. The van der Waals surface area contributed by atoms with Gasteiger partial charge in [-0.15, -0.1) is 12.4 Å². The number of piperidine rings is 1. The first-order chi connectivity index (χ1) is 12.7. The predicted molar refractivity (Wildman–Crippen MR) is 110 cm³/mol. The molecule has 5 rings (SSSR count). The first kappa shape index (κ1) is 17.8. The number of aromatic amines is 1. The molecule has 1 saturated heterocycles. The molecule has 0 bridgehead atoms. The molecular formula is C21H21ClN3O2+. The lowest BCUT2D eigenvalue weighted by Gasteiger charge is -2.38. The van der Waals surface area contributed by atoms with Gasteiger partial charge in [-0.1, -0.05) is 24.3 Å². The van der Waals surface area contributed by atoms with Crippen molar-refractivity contribution in [3.63, 3.8) is 0 Å². The van der Waals surface area contributed by atoms with E-state index in [9.17, 15) is 4.79 Å². The maximum absolute atomic E-state index is 12.0. The van der Waals surface area contributed by atoms with Crippen molar-refractivity contribution in [1.82, 2.24) is 14.6 Å². The van der Waals surface area contributed by atoms with Crippen molar-refractivity contribution < 1.29 is 9.32 Å². The molecule has 3 heterocycles. The quantitative estimate of drug-likeness (QED) is 0.494. The molecule has 1 N–H and O–H groups in total. The third-order valence-electron chi connectivity index (χ3n) is 5.60. The zero-order valence-electron chi connectivity index (χ0n) is 15.1. The number of carbonyl (C=O) groups is 1. The van der Waals surface area contributed by atoms with E-state index in [0.717, 1.165) is 28.0 Å². The molecule has 0 radical (unpaired) electrons. The monoisotopic (exact) mass is 382 g/mol. The molecule has 2 aromatic heterocycles. The van der Waals surface area contributed by atoms with Crippen molar-refractivity contribution in [3.05, 3.63) is 54.2 Å². The largest absolute Gasteiger partial charge is 0.354 e. The Morgan fingerprint density at radius 1 is 1.00 bits per heavy atom. The highest BCUT2D eigenvalue weighted by molar-refractivity contribution is 5.99. The number of para-hydroxylation sites is 2. The number of nitrogens with zero attached hydrogens (tertiary/aromatic N) is 2. The number of nitrogens with one attached hydrogen (secondary N) is 1. The van der Waals surface area contributed by atoms with Gasteiger partial charge in [-0.05, 0) is 36.3 Å². The molecule has 138 valence electrons. The van der Waals surface area contributed by atoms with Crippen LogP contribution in [-0.2, 0) is 4.79 Å². The fourth-order valence-electron chi connectivity index (χ4n) is 4.40. The van der Waals surface area contributed by atoms with E-state index in [0.29, 0.717) is 36.2 Å². The zero-order chi connectivity index (χ0) is 17.7. The summed E-state index contributed by atoms with van der Waals surface area (Å²) in [4.78, 5) is 15.6. The highest BCUT2D eigenvalue weighted by atomic mass is 35.5. The summed E-state index contributed by atoms with van der Waals surface area (Å²) >= 11 is 0. The summed E-state index contributed by atoms with van der Waals surface area (Å²) in [6.45, 7) is 3.52. The second-order valence-electron chi connectivity index (χ2n) is 7.10. The smallest absolute Gasteiger partial charge is 0.279 e. The summed E-state index contributed by atoms with van der Waals surface area (Å²) in [6.07, 6.45) is 1.11. The van der Waals surface area contributed by atoms with Crippen LogP contribution in [0.25, 0.3) is 21.9 Å². The minimum Gasteiger partial charge on any atom is -0.354 e. The topological polar surface area (TPSA) is 58.9 Å². The van der Waals surface area contributed by atoms with E-state index in [1.165, 1.54) is 11.1 Å². The van der Waals surface area contributed by atoms with E-state index in [-0.39, 0.29) is 12.4 Å². The predicted octanol–water partition coefficient (Wildman–Crippen LogP) is 5.04. The van der Waals surface area contributed by atoms with Crippen LogP contribution in [-0.4, -0.2) is 29.0 Å². The van der Waals surface area contributed by atoms with E-state index < -0.39 is 0 Å². The number of aryl methyl sites for hydroxylation is 1. The van der Waals surface area contributed by atoms with Crippen LogP contribution >= 0.6 is 12.4 Å². The lowest BCUT2D eigenvalue weighted by molar-refractivity contribution is -0.120. The average molecular weight is 383 g/mol. The maximum atomic E-state index is 12.0. The molecule has 0 atom stereocenters. The summed E-state index contributed by atoms with van der Waals surface area (Å²) in [6, 6.07) is 16.3. The van der Waals surface area contributed by atoms with Crippen LogP contribution in [0.15, 0.2) is 53.1 Å². The Balaban J connectivity index is 0.00000180. The van der Waals surface area contributed by atoms with Crippen molar-refractivity contribution in [1.29, 1.82) is 0 Å². The van der Waals surface area contributed by atoms with Gasteiger partial charge in [0, 0.05) is 0 Å². The fraction of sp³-hybridized carbons (Fsp3) is 0.238. The highest BCUT2D eigenvalue weighted by Crippen LogP contribution is 2.45. The number of carbonyl (C=O) groups excluding carboxylic acids is 1. The van der Waals surface area contributed by atoms with Gasteiger partial charge in [-0.2, -0.15) is 0 Å². The number of hydrogen-bond acceptors (Lipinski definition) is 3. The molecule has 0 amide bonds. The number of quaternary nitrogens is 1. The Hall–Kier alpha value is -2.63. The van der Waals surface area contributed by atoms with Gasteiger partial charge in [0.15, 0.2) is 11.3 Å². The van der Waals surface area contributed by atoms with Crippen LogP contribution in [0.5, 0.6) is 0 Å². The number of hydrogen-bond donors (Lipinski definition) is 1. The van der Waals surface area contributed by atoms with Crippen LogP contribution in [0.1, 0.15) is 18.5 Å². The summed E-state index contributed by atoms with van der Waals surface area (Å²) < 4.78 is 6.20. The van der Waals surface area contributed by atoms with Crippen molar-refractivity contribution in [2.75, 3.05) is 13.1 Å². The van der Waals surface area contributed by atoms with Gasteiger partial charge in [0.1, 0.15) is 11.2 Å². The highest BCUT2D eigenvalue weighted by Gasteiger charge is 2.44. The molecular weight excluding hydrogens is 362 g/mol. The third-order valence-corrected chi connectivity index (χ3v) is 5.60. The van der Waals surface area contributed by atoms with Crippen LogP contribution in [0.2, 0.25) is 0 Å². The molecule has 5 nitrogen and oxygen atoms in total. The van der Waals surface area contributed by atoms with Crippen LogP contribution in [0.3, 0.4) is 0 Å². The number of rotatable bonds is 2. The molecule has 0 saturated carbocycles. The first-order valence-corrected chi connectivity index (χ1v) is 9.01. The lowest BCUT2D eigenvalue weighted by Crippen LogP contribution is -2.51. The van der Waals surface area contributed by atoms with Crippen LogP contribution in [0.4, 0.5) is 11.5 Å². The molecule has 0 unspecified atom stereocenters. The maximum Gasteiger partial charge on any atom is 0.279 e. The number of ketones is 1. The molecule has 27 heavy (non-hydrogen) atoms. The molecule has 1 fully saturated rings. The first-order valence-electron chi connectivity index (χ1n) is 9.01. The molecule has 6 heteroatoms. The number of Topliss-reactive ketones (excluding diaryl/α,β-unsaturated/α-hetero) is 1. The molecule has 0 spiro atoms. The van der Waals surface area contributed by atoms with Crippen LogP contribution < -0.4 is 4.48 Å². The number of benzene rings is 2. The van der Waals surface area contributed by atoms with E-state index >= 15 is 0 Å². The minimum absolute atomic E-state index is 0. The second-order valence-corrected chi connectivity index (χ2v) is 7.10. The van der Waals surface area contributed by atoms with Crippen molar-refractivity contribution in [2.45, 2.75) is 19.8 Å². The van der Waals surface area contributed by atoms with E-state index in [4.69, 9.17) is 4.52 Å². The van der Waals surface area contributed by atoms with Gasteiger partial charge in [0.05, 0.1) is 42.5 Å². The van der Waals surface area contributed by atoms with E-state index in [1.54, 1.807) is 0 Å². The Morgan fingerprint density at radius 2 is 1.67 bits per heavy atom. The fourth-order valence-corrected chi connectivity index (χ4v) is 4.40. The Bertz CT molecular complexity index is 1130. The van der Waals surface area contributed by atoms with E-state index in [2.05, 4.69) is 41.3 Å². The number of halogens is 1. The number of H-pyrrole nitrogens is 1.